The largest absolute Gasteiger partial charge is 0.394 e. The van der Waals surface area contributed by atoms with E-state index >= 15 is 0 Å². The van der Waals surface area contributed by atoms with Gasteiger partial charge in [0.2, 0.25) is 0 Å². The number of aromatic nitrogens is 1. The molecular weight excluding hydrogens is 264 g/mol. The number of aliphatic hydroxyl groups excluding tert-OH is 2. The van der Waals surface area contributed by atoms with Crippen LogP contribution in [0.1, 0.15) is 11.1 Å². The van der Waals surface area contributed by atoms with Crippen LogP contribution in [0.25, 0.3) is 0 Å². The average molecular weight is 286 g/mol. The van der Waals surface area contributed by atoms with Crippen molar-refractivity contribution in [1.82, 2.24) is 10.3 Å². The third kappa shape index (κ3) is 6.35. The van der Waals surface area contributed by atoms with Gasteiger partial charge in [0.25, 0.3) is 0 Å². The number of nitrogens with one attached hydrogen (secondary N) is 1. The molecule has 0 amide bonds. The van der Waals surface area contributed by atoms with Crippen molar-refractivity contribution in [3.05, 3.63) is 23.4 Å². The Bertz CT molecular complexity index is 377. The lowest BCUT2D eigenvalue weighted by molar-refractivity contribution is 0.113. The summed E-state index contributed by atoms with van der Waals surface area (Å²) in [6.07, 6.45) is 1.14. The maximum absolute atomic E-state index is 9.31. The summed E-state index contributed by atoms with van der Waals surface area (Å²) in [7, 11) is 1.68. The number of nitrogens with zero attached hydrogens (tertiary/aromatic N) is 1. The average Bonchev–Trinajstić information content (AvgIpc) is 2.42. The van der Waals surface area contributed by atoms with Gasteiger partial charge in [0.1, 0.15) is 0 Å². The number of thioether (sulfide) groups is 1. The molecule has 0 aliphatic rings. The standard InChI is InChI=1S/C13H22N2O3S/c1-10-5-11(6-14-3-4-18-2)7-15-13(10)19-9-12(17)8-16/h5,7,12,14,16-17H,3-4,6,8-9H2,1-2H3. The van der Waals surface area contributed by atoms with Gasteiger partial charge in [0.05, 0.1) is 24.3 Å². The zero-order chi connectivity index (χ0) is 14.1. The third-order valence-corrected chi connectivity index (χ3v) is 3.77. The maximum Gasteiger partial charge on any atom is 0.0990 e. The van der Waals surface area contributed by atoms with Crippen molar-refractivity contribution in [2.75, 3.05) is 32.6 Å². The number of hydrogen-bond donors (Lipinski definition) is 3. The van der Waals surface area contributed by atoms with Gasteiger partial charge < -0.3 is 20.3 Å². The van der Waals surface area contributed by atoms with E-state index in [4.69, 9.17) is 9.84 Å². The number of pyridine rings is 1. The molecule has 0 radical (unpaired) electrons. The van der Waals surface area contributed by atoms with Crippen molar-refractivity contribution in [2.45, 2.75) is 24.6 Å². The first-order valence-corrected chi connectivity index (χ1v) is 7.22. The van der Waals surface area contributed by atoms with E-state index in [1.165, 1.54) is 11.8 Å². The summed E-state index contributed by atoms with van der Waals surface area (Å²) < 4.78 is 4.96. The quantitative estimate of drug-likeness (QED) is 0.455. The van der Waals surface area contributed by atoms with E-state index in [0.29, 0.717) is 12.4 Å². The van der Waals surface area contributed by atoms with E-state index < -0.39 is 6.10 Å². The lowest BCUT2D eigenvalue weighted by atomic mass is 10.2. The van der Waals surface area contributed by atoms with Gasteiger partial charge in [-0.15, -0.1) is 11.8 Å². The van der Waals surface area contributed by atoms with Crippen LogP contribution >= 0.6 is 11.8 Å². The van der Waals surface area contributed by atoms with Crippen molar-refractivity contribution in [2.24, 2.45) is 0 Å². The Kier molecular flexibility index (Phi) is 8.00. The van der Waals surface area contributed by atoms with E-state index in [-0.39, 0.29) is 6.61 Å². The number of rotatable bonds is 9. The van der Waals surface area contributed by atoms with Gasteiger partial charge >= 0.3 is 0 Å². The Morgan fingerprint density at radius 2 is 2.32 bits per heavy atom. The molecule has 0 fully saturated rings. The second-order valence-electron chi connectivity index (χ2n) is 4.28. The molecule has 1 aromatic rings. The van der Waals surface area contributed by atoms with Gasteiger partial charge in [-0.05, 0) is 18.1 Å². The molecule has 6 heteroatoms. The molecule has 1 atom stereocenters. The molecule has 0 saturated heterocycles. The summed E-state index contributed by atoms with van der Waals surface area (Å²) in [5, 5.41) is 22.2. The van der Waals surface area contributed by atoms with Crippen LogP contribution in [-0.4, -0.2) is 53.9 Å². The van der Waals surface area contributed by atoms with E-state index in [1.54, 1.807) is 7.11 Å². The van der Waals surface area contributed by atoms with Gasteiger partial charge in [-0.3, -0.25) is 0 Å². The second kappa shape index (κ2) is 9.28. The highest BCUT2D eigenvalue weighted by Crippen LogP contribution is 2.21. The van der Waals surface area contributed by atoms with Gasteiger partial charge in [0.15, 0.2) is 0 Å². The summed E-state index contributed by atoms with van der Waals surface area (Å²) in [5.74, 6) is 0.454. The monoisotopic (exact) mass is 286 g/mol. The molecule has 0 bridgehead atoms. The van der Waals surface area contributed by atoms with Crippen LogP contribution < -0.4 is 5.32 Å². The van der Waals surface area contributed by atoms with Gasteiger partial charge in [-0.25, -0.2) is 4.98 Å². The van der Waals surface area contributed by atoms with Crippen molar-refractivity contribution in [3.63, 3.8) is 0 Å². The van der Waals surface area contributed by atoms with E-state index in [2.05, 4.69) is 16.4 Å². The van der Waals surface area contributed by atoms with Crippen LogP contribution in [0.2, 0.25) is 0 Å². The fraction of sp³-hybridized carbons (Fsp3) is 0.615. The van der Waals surface area contributed by atoms with Gasteiger partial charge in [-0.2, -0.15) is 0 Å². The minimum atomic E-state index is -0.693. The van der Waals surface area contributed by atoms with Gasteiger partial charge in [0, 0.05) is 32.1 Å². The minimum Gasteiger partial charge on any atom is -0.394 e. The maximum atomic E-state index is 9.31. The number of ether oxygens (including phenoxy) is 1. The molecule has 0 spiro atoms. The van der Waals surface area contributed by atoms with E-state index in [1.807, 2.05) is 13.1 Å². The smallest absolute Gasteiger partial charge is 0.0990 e. The molecule has 1 unspecified atom stereocenters. The number of aliphatic hydroxyl groups is 2. The Balaban J connectivity index is 2.45. The van der Waals surface area contributed by atoms with Crippen LogP contribution in [0.5, 0.6) is 0 Å². The number of aryl methyl sites for hydroxylation is 1. The molecule has 1 rings (SSSR count). The Labute approximate surface area is 118 Å². The van der Waals surface area contributed by atoms with Crippen molar-refractivity contribution in [1.29, 1.82) is 0 Å². The third-order valence-electron chi connectivity index (χ3n) is 2.52. The molecule has 1 heterocycles. The molecule has 108 valence electrons. The molecule has 3 N–H and O–H groups in total. The highest BCUT2D eigenvalue weighted by atomic mass is 32.2. The van der Waals surface area contributed by atoms with Crippen LogP contribution in [0.3, 0.4) is 0 Å². The van der Waals surface area contributed by atoms with Crippen molar-refractivity contribution in [3.8, 4) is 0 Å². The number of hydrogen-bond acceptors (Lipinski definition) is 6. The summed E-state index contributed by atoms with van der Waals surface area (Å²) in [6, 6.07) is 2.08. The fourth-order valence-corrected chi connectivity index (χ4v) is 2.37. The predicted octanol–water partition coefficient (Wildman–Crippen LogP) is 0.571. The normalized spacial score (nSPS) is 12.6. The Hall–Kier alpha value is -0.660. The molecule has 0 aliphatic carbocycles. The molecule has 19 heavy (non-hydrogen) atoms. The van der Waals surface area contributed by atoms with Gasteiger partial charge in [-0.1, -0.05) is 6.07 Å². The molecule has 5 nitrogen and oxygen atoms in total. The van der Waals surface area contributed by atoms with Crippen molar-refractivity contribution < 1.29 is 14.9 Å². The zero-order valence-corrected chi connectivity index (χ0v) is 12.2. The molecular formula is C13H22N2O3S. The first kappa shape index (κ1) is 16.4. The SMILES string of the molecule is COCCNCc1cnc(SCC(O)CO)c(C)c1. The summed E-state index contributed by atoms with van der Waals surface area (Å²) in [4.78, 5) is 4.38. The first-order chi connectivity index (χ1) is 9.17. The van der Waals surface area contributed by atoms with Crippen LogP contribution in [-0.2, 0) is 11.3 Å². The topological polar surface area (TPSA) is 74.6 Å². The molecule has 1 aromatic heterocycles. The minimum absolute atomic E-state index is 0.215. The van der Waals surface area contributed by atoms with Crippen molar-refractivity contribution >= 4 is 11.8 Å². The summed E-state index contributed by atoms with van der Waals surface area (Å²) >= 11 is 1.46. The Morgan fingerprint density at radius 1 is 1.53 bits per heavy atom. The lowest BCUT2D eigenvalue weighted by Gasteiger charge is -2.10. The molecule has 0 aliphatic heterocycles. The molecule has 0 aromatic carbocycles. The lowest BCUT2D eigenvalue weighted by Crippen LogP contribution is -2.18. The highest BCUT2D eigenvalue weighted by molar-refractivity contribution is 7.99. The second-order valence-corrected chi connectivity index (χ2v) is 5.29. The highest BCUT2D eigenvalue weighted by Gasteiger charge is 2.07. The summed E-state index contributed by atoms with van der Waals surface area (Å²) in [6.45, 7) is 4.06. The summed E-state index contributed by atoms with van der Waals surface area (Å²) in [5.41, 5.74) is 2.21. The zero-order valence-electron chi connectivity index (χ0n) is 11.4. The first-order valence-electron chi connectivity index (χ1n) is 6.24. The van der Waals surface area contributed by atoms with E-state index in [9.17, 15) is 5.11 Å². The van der Waals surface area contributed by atoms with E-state index in [0.717, 1.165) is 29.2 Å². The van der Waals surface area contributed by atoms with Crippen LogP contribution in [0.15, 0.2) is 17.3 Å². The van der Waals surface area contributed by atoms with Crippen LogP contribution in [0.4, 0.5) is 0 Å². The molecule has 0 saturated carbocycles. The number of methoxy groups -OCH3 is 1. The predicted molar refractivity (Wildman–Crippen MR) is 76.4 cm³/mol. The Morgan fingerprint density at radius 3 is 2.95 bits per heavy atom. The fourth-order valence-electron chi connectivity index (χ4n) is 1.50. The van der Waals surface area contributed by atoms with Crippen LogP contribution in [0, 0.1) is 6.92 Å².